The number of nitrogens with one attached hydrogen (secondary N) is 1. The van der Waals surface area contributed by atoms with Gasteiger partial charge < -0.3 is 15.8 Å². The van der Waals surface area contributed by atoms with E-state index in [9.17, 15) is 0 Å². The Morgan fingerprint density at radius 3 is 2.79 bits per heavy atom. The van der Waals surface area contributed by atoms with Crippen molar-refractivity contribution in [2.75, 3.05) is 20.2 Å². The maximum atomic E-state index is 6.08. The minimum Gasteiger partial charge on any atom is -0.481 e. The van der Waals surface area contributed by atoms with Gasteiger partial charge in [-0.2, -0.15) is 0 Å². The molecule has 0 radical (unpaired) electrons. The van der Waals surface area contributed by atoms with Crippen LogP contribution in [0.5, 0.6) is 5.88 Å². The van der Waals surface area contributed by atoms with Gasteiger partial charge in [0.05, 0.1) is 7.11 Å². The summed E-state index contributed by atoms with van der Waals surface area (Å²) < 4.78 is 4.98. The van der Waals surface area contributed by atoms with Gasteiger partial charge in [0.2, 0.25) is 5.88 Å². The van der Waals surface area contributed by atoms with Crippen LogP contribution in [0.1, 0.15) is 5.56 Å². The third kappa shape index (κ3) is 1.86. The number of hydrogen-bond donors (Lipinski definition) is 2. The lowest BCUT2D eigenvalue weighted by molar-refractivity contribution is 0.279. The number of hydrogen-bond acceptors (Lipinski definition) is 4. The minimum absolute atomic E-state index is 0.0731. The SMILES string of the molecule is COc1ccc(CC2(N)CNC2)cn1. The van der Waals surface area contributed by atoms with Gasteiger partial charge in [-0.3, -0.25) is 0 Å². The third-order valence-corrected chi connectivity index (χ3v) is 2.52. The largest absolute Gasteiger partial charge is 0.481 e. The van der Waals surface area contributed by atoms with Gasteiger partial charge >= 0.3 is 0 Å². The molecule has 0 spiro atoms. The quantitative estimate of drug-likeness (QED) is 0.705. The second-order valence-corrected chi connectivity index (χ2v) is 3.85. The van der Waals surface area contributed by atoms with Gasteiger partial charge in [-0.1, -0.05) is 6.07 Å². The molecule has 1 fully saturated rings. The molecule has 76 valence electrons. The molecule has 3 N–H and O–H groups in total. The van der Waals surface area contributed by atoms with Crippen LogP contribution >= 0.6 is 0 Å². The Bertz CT molecular complexity index is 306. The van der Waals surface area contributed by atoms with Crippen molar-refractivity contribution in [3.05, 3.63) is 23.9 Å². The topological polar surface area (TPSA) is 60.2 Å². The van der Waals surface area contributed by atoms with Crippen LogP contribution < -0.4 is 15.8 Å². The van der Waals surface area contributed by atoms with E-state index in [0.717, 1.165) is 25.1 Å². The molecule has 0 aliphatic carbocycles. The lowest BCUT2D eigenvalue weighted by Crippen LogP contribution is -2.66. The molecule has 0 unspecified atom stereocenters. The Kier molecular flexibility index (Phi) is 2.39. The maximum absolute atomic E-state index is 6.08. The summed E-state index contributed by atoms with van der Waals surface area (Å²) in [6.07, 6.45) is 2.70. The molecule has 0 bridgehead atoms. The molecular weight excluding hydrogens is 178 g/mol. The number of rotatable bonds is 3. The first kappa shape index (κ1) is 9.43. The number of nitrogens with two attached hydrogens (primary N) is 1. The predicted octanol–water partition coefficient (Wildman–Crippen LogP) is -0.0666. The Labute approximate surface area is 83.5 Å². The van der Waals surface area contributed by atoms with Gasteiger partial charge in [-0.15, -0.1) is 0 Å². The first-order valence-corrected chi connectivity index (χ1v) is 4.70. The van der Waals surface area contributed by atoms with E-state index in [1.165, 1.54) is 0 Å². The van der Waals surface area contributed by atoms with E-state index in [1.54, 1.807) is 7.11 Å². The molecule has 1 aliphatic heterocycles. The summed E-state index contributed by atoms with van der Waals surface area (Å²) in [6, 6.07) is 3.88. The van der Waals surface area contributed by atoms with Gasteiger partial charge in [0.15, 0.2) is 0 Å². The zero-order chi connectivity index (χ0) is 10.0. The van der Waals surface area contributed by atoms with Crippen LogP contribution in [0.2, 0.25) is 0 Å². The van der Waals surface area contributed by atoms with Gasteiger partial charge in [-0.25, -0.2) is 4.98 Å². The zero-order valence-electron chi connectivity index (χ0n) is 8.29. The lowest BCUT2D eigenvalue weighted by atomic mass is 9.87. The minimum atomic E-state index is -0.0731. The molecule has 1 aliphatic rings. The van der Waals surface area contributed by atoms with E-state index in [1.807, 2.05) is 18.3 Å². The summed E-state index contributed by atoms with van der Waals surface area (Å²) in [4.78, 5) is 4.14. The van der Waals surface area contributed by atoms with Crippen LogP contribution in [0, 0.1) is 0 Å². The lowest BCUT2D eigenvalue weighted by Gasteiger charge is -2.39. The van der Waals surface area contributed by atoms with Crippen molar-refractivity contribution < 1.29 is 4.74 Å². The van der Waals surface area contributed by atoms with Crippen LogP contribution in [-0.2, 0) is 6.42 Å². The van der Waals surface area contributed by atoms with Crippen LogP contribution in [0.3, 0.4) is 0 Å². The molecule has 4 nitrogen and oxygen atoms in total. The van der Waals surface area contributed by atoms with Crippen molar-refractivity contribution >= 4 is 0 Å². The van der Waals surface area contributed by atoms with Gasteiger partial charge in [-0.05, 0) is 12.0 Å². The average molecular weight is 193 g/mol. The molecule has 1 saturated heterocycles. The highest BCUT2D eigenvalue weighted by atomic mass is 16.5. The summed E-state index contributed by atoms with van der Waals surface area (Å²) in [5.74, 6) is 0.645. The Balaban J connectivity index is 2.02. The highest BCUT2D eigenvalue weighted by Crippen LogP contribution is 2.16. The molecule has 0 amide bonds. The monoisotopic (exact) mass is 193 g/mol. The molecule has 0 atom stereocenters. The molecule has 2 rings (SSSR count). The highest BCUT2D eigenvalue weighted by Gasteiger charge is 2.32. The summed E-state index contributed by atoms with van der Waals surface area (Å²) in [5, 5.41) is 3.17. The predicted molar refractivity (Wildman–Crippen MR) is 54.3 cm³/mol. The van der Waals surface area contributed by atoms with E-state index < -0.39 is 0 Å². The van der Waals surface area contributed by atoms with E-state index >= 15 is 0 Å². The smallest absolute Gasteiger partial charge is 0.212 e. The first-order valence-electron chi connectivity index (χ1n) is 4.70. The van der Waals surface area contributed by atoms with Crippen LogP contribution in [-0.4, -0.2) is 30.7 Å². The fourth-order valence-electron chi connectivity index (χ4n) is 1.61. The Hall–Kier alpha value is -1.13. The molecule has 4 heteroatoms. The number of nitrogens with zero attached hydrogens (tertiary/aromatic N) is 1. The summed E-state index contributed by atoms with van der Waals surface area (Å²) in [7, 11) is 1.61. The number of aromatic nitrogens is 1. The van der Waals surface area contributed by atoms with Gasteiger partial charge in [0.25, 0.3) is 0 Å². The molecule has 2 heterocycles. The summed E-state index contributed by atoms with van der Waals surface area (Å²) in [6.45, 7) is 1.78. The number of ether oxygens (including phenoxy) is 1. The Morgan fingerprint density at radius 2 is 2.36 bits per heavy atom. The van der Waals surface area contributed by atoms with Crippen LogP contribution in [0.25, 0.3) is 0 Å². The van der Waals surface area contributed by atoms with Crippen molar-refractivity contribution in [1.29, 1.82) is 0 Å². The van der Waals surface area contributed by atoms with Gasteiger partial charge in [0.1, 0.15) is 0 Å². The highest BCUT2D eigenvalue weighted by molar-refractivity contribution is 5.21. The molecule has 14 heavy (non-hydrogen) atoms. The number of methoxy groups -OCH3 is 1. The fourth-order valence-corrected chi connectivity index (χ4v) is 1.61. The van der Waals surface area contributed by atoms with Crippen LogP contribution in [0.4, 0.5) is 0 Å². The van der Waals surface area contributed by atoms with E-state index in [-0.39, 0.29) is 5.54 Å². The second kappa shape index (κ2) is 3.55. The zero-order valence-corrected chi connectivity index (χ0v) is 8.29. The first-order chi connectivity index (χ1) is 6.72. The second-order valence-electron chi connectivity index (χ2n) is 3.85. The molecule has 0 aromatic carbocycles. The third-order valence-electron chi connectivity index (χ3n) is 2.52. The normalized spacial score (nSPS) is 18.7. The summed E-state index contributed by atoms with van der Waals surface area (Å²) in [5.41, 5.74) is 7.17. The molecule has 1 aromatic rings. The van der Waals surface area contributed by atoms with Crippen molar-refractivity contribution in [1.82, 2.24) is 10.3 Å². The van der Waals surface area contributed by atoms with E-state index in [0.29, 0.717) is 5.88 Å². The van der Waals surface area contributed by atoms with E-state index in [2.05, 4.69) is 10.3 Å². The molecule has 0 saturated carbocycles. The van der Waals surface area contributed by atoms with Crippen molar-refractivity contribution in [3.8, 4) is 5.88 Å². The number of pyridine rings is 1. The van der Waals surface area contributed by atoms with Crippen molar-refractivity contribution in [2.45, 2.75) is 12.0 Å². The van der Waals surface area contributed by atoms with Crippen molar-refractivity contribution in [2.24, 2.45) is 5.73 Å². The summed E-state index contributed by atoms with van der Waals surface area (Å²) >= 11 is 0. The fraction of sp³-hybridized carbons (Fsp3) is 0.500. The standard InChI is InChI=1S/C10H15N3O/c1-14-9-3-2-8(5-13-9)4-10(11)6-12-7-10/h2-3,5,12H,4,6-7,11H2,1H3. The maximum Gasteiger partial charge on any atom is 0.212 e. The molecule has 1 aromatic heterocycles. The van der Waals surface area contributed by atoms with E-state index in [4.69, 9.17) is 10.5 Å². The van der Waals surface area contributed by atoms with Gasteiger partial charge in [0, 0.05) is 30.9 Å². The average Bonchev–Trinajstić information content (AvgIpc) is 2.17. The Morgan fingerprint density at radius 1 is 1.57 bits per heavy atom. The van der Waals surface area contributed by atoms with Crippen LogP contribution in [0.15, 0.2) is 18.3 Å². The molecular formula is C10H15N3O. The van der Waals surface area contributed by atoms with Crippen molar-refractivity contribution in [3.63, 3.8) is 0 Å².